The molecule has 0 saturated heterocycles. The minimum Gasteiger partial charge on any atom is -0.242 e. The van der Waals surface area contributed by atoms with Gasteiger partial charge in [0.15, 0.2) is 0 Å². The topological polar surface area (TPSA) is 15.6 Å². The molecule has 0 unspecified atom stereocenters. The number of allylic oxidation sites excluding steroid dienone is 2. The molecule has 1 aliphatic rings. The number of hydrogen-bond donors (Lipinski definition) is 0. The molecule has 0 aromatic heterocycles. The van der Waals surface area contributed by atoms with Gasteiger partial charge in [0, 0.05) is 6.20 Å². The fourth-order valence-electron chi connectivity index (χ4n) is 1.27. The van der Waals surface area contributed by atoms with Crippen LogP contribution in [0.5, 0.6) is 0 Å². The molecule has 2 heteroatoms. The average molecular weight is 176 g/mol. The predicted molar refractivity (Wildman–Crippen MR) is 57.3 cm³/mol. The van der Waals surface area contributed by atoms with Crippen LogP contribution in [0.25, 0.3) is 0 Å². The van der Waals surface area contributed by atoms with Gasteiger partial charge < -0.3 is 0 Å². The lowest BCUT2D eigenvalue weighted by Crippen LogP contribution is -2.17. The van der Waals surface area contributed by atoms with Gasteiger partial charge in [-0.15, -0.1) is 0 Å². The van der Waals surface area contributed by atoms with Gasteiger partial charge in [-0.05, 0) is 25.0 Å². The SMILES string of the molecule is C=CN1N=C(CCC)C=C(C)C1=C. The predicted octanol–water partition coefficient (Wildman–Crippen LogP) is 3.06. The van der Waals surface area contributed by atoms with Crippen LogP contribution in [0.1, 0.15) is 26.7 Å². The van der Waals surface area contributed by atoms with Crippen molar-refractivity contribution in [2.24, 2.45) is 5.10 Å². The first-order chi connectivity index (χ1) is 6.19. The molecule has 70 valence electrons. The molecule has 0 fully saturated rings. The fourth-order valence-corrected chi connectivity index (χ4v) is 1.27. The molecule has 0 aliphatic carbocycles. The van der Waals surface area contributed by atoms with Crippen molar-refractivity contribution in [2.45, 2.75) is 26.7 Å². The van der Waals surface area contributed by atoms with Crippen LogP contribution < -0.4 is 0 Å². The molecule has 0 amide bonds. The van der Waals surface area contributed by atoms with E-state index in [-0.39, 0.29) is 0 Å². The first kappa shape index (κ1) is 9.78. The summed E-state index contributed by atoms with van der Waals surface area (Å²) < 4.78 is 0. The van der Waals surface area contributed by atoms with E-state index in [1.54, 1.807) is 11.2 Å². The Kier molecular flexibility index (Phi) is 3.07. The molecule has 0 spiro atoms. The van der Waals surface area contributed by atoms with Crippen LogP contribution >= 0.6 is 0 Å². The highest BCUT2D eigenvalue weighted by Gasteiger charge is 2.11. The Bertz CT molecular complexity index is 284. The Labute approximate surface area is 79.9 Å². The van der Waals surface area contributed by atoms with Gasteiger partial charge in [0.1, 0.15) is 0 Å². The summed E-state index contributed by atoms with van der Waals surface area (Å²) in [4.78, 5) is 0. The molecule has 0 aromatic rings. The largest absolute Gasteiger partial charge is 0.242 e. The van der Waals surface area contributed by atoms with Gasteiger partial charge in [0.25, 0.3) is 0 Å². The molecule has 2 nitrogen and oxygen atoms in total. The third-order valence-corrected chi connectivity index (χ3v) is 2.03. The summed E-state index contributed by atoms with van der Waals surface area (Å²) >= 11 is 0. The monoisotopic (exact) mass is 176 g/mol. The zero-order valence-corrected chi connectivity index (χ0v) is 8.38. The summed E-state index contributed by atoms with van der Waals surface area (Å²) in [5, 5.41) is 6.11. The van der Waals surface area contributed by atoms with Crippen molar-refractivity contribution < 1.29 is 0 Å². The summed E-state index contributed by atoms with van der Waals surface area (Å²) in [6.45, 7) is 11.8. The van der Waals surface area contributed by atoms with Crippen LogP contribution in [0.15, 0.2) is 41.8 Å². The summed E-state index contributed by atoms with van der Waals surface area (Å²) in [5.74, 6) is 0. The van der Waals surface area contributed by atoms with E-state index in [2.05, 4.69) is 31.3 Å². The maximum atomic E-state index is 4.38. The highest BCUT2D eigenvalue weighted by atomic mass is 15.5. The molecule has 1 heterocycles. The molecule has 0 atom stereocenters. The van der Waals surface area contributed by atoms with Crippen molar-refractivity contribution in [3.8, 4) is 0 Å². The van der Waals surface area contributed by atoms with E-state index >= 15 is 0 Å². The Hall–Kier alpha value is -1.31. The average Bonchev–Trinajstić information content (AvgIpc) is 2.11. The zero-order valence-electron chi connectivity index (χ0n) is 8.38. The van der Waals surface area contributed by atoms with Crippen LogP contribution in [0.4, 0.5) is 0 Å². The van der Waals surface area contributed by atoms with Crippen molar-refractivity contribution in [2.75, 3.05) is 0 Å². The maximum Gasteiger partial charge on any atom is 0.0617 e. The highest BCUT2D eigenvalue weighted by Crippen LogP contribution is 2.19. The van der Waals surface area contributed by atoms with Gasteiger partial charge >= 0.3 is 0 Å². The Morgan fingerprint density at radius 2 is 2.31 bits per heavy atom. The highest BCUT2D eigenvalue weighted by molar-refractivity contribution is 5.96. The molecule has 0 N–H and O–H groups in total. The first-order valence-electron chi connectivity index (χ1n) is 4.56. The maximum absolute atomic E-state index is 4.38. The van der Waals surface area contributed by atoms with Crippen molar-refractivity contribution in [3.05, 3.63) is 36.7 Å². The lowest BCUT2D eigenvalue weighted by molar-refractivity contribution is 0.503. The first-order valence-corrected chi connectivity index (χ1v) is 4.56. The van der Waals surface area contributed by atoms with Crippen LogP contribution in [-0.2, 0) is 0 Å². The van der Waals surface area contributed by atoms with Crippen molar-refractivity contribution in [1.82, 2.24) is 5.01 Å². The summed E-state index contributed by atoms with van der Waals surface area (Å²) in [6.07, 6.45) is 5.90. The van der Waals surface area contributed by atoms with Crippen LogP contribution in [0.2, 0.25) is 0 Å². The molecule has 1 aliphatic heterocycles. The van der Waals surface area contributed by atoms with Gasteiger partial charge in [-0.3, -0.25) is 0 Å². The minimum absolute atomic E-state index is 0.912. The molecule has 1 rings (SSSR count). The Balaban J connectivity index is 2.88. The fraction of sp³-hybridized carbons (Fsp3) is 0.364. The Morgan fingerprint density at radius 1 is 1.62 bits per heavy atom. The number of rotatable bonds is 3. The zero-order chi connectivity index (χ0) is 9.84. The van der Waals surface area contributed by atoms with Gasteiger partial charge in [0.05, 0.1) is 11.4 Å². The molecule has 0 bridgehead atoms. The summed E-state index contributed by atoms with van der Waals surface area (Å²) in [6, 6.07) is 0. The smallest absolute Gasteiger partial charge is 0.0617 e. The summed E-state index contributed by atoms with van der Waals surface area (Å²) in [7, 11) is 0. The van der Waals surface area contributed by atoms with Crippen LogP contribution in [0.3, 0.4) is 0 Å². The van der Waals surface area contributed by atoms with Crippen LogP contribution in [0, 0.1) is 0 Å². The summed E-state index contributed by atoms with van der Waals surface area (Å²) in [5.41, 5.74) is 3.18. The molecule has 0 saturated carbocycles. The molecule has 0 radical (unpaired) electrons. The second-order valence-electron chi connectivity index (χ2n) is 3.14. The van der Waals surface area contributed by atoms with Crippen molar-refractivity contribution >= 4 is 5.71 Å². The Morgan fingerprint density at radius 3 is 2.85 bits per heavy atom. The van der Waals surface area contributed by atoms with Gasteiger partial charge in [-0.1, -0.05) is 26.5 Å². The van der Waals surface area contributed by atoms with E-state index in [9.17, 15) is 0 Å². The number of nitrogens with zero attached hydrogens (tertiary/aromatic N) is 2. The van der Waals surface area contributed by atoms with E-state index in [1.807, 2.05) is 6.92 Å². The third-order valence-electron chi connectivity index (χ3n) is 2.03. The van der Waals surface area contributed by atoms with Gasteiger partial charge in [-0.25, -0.2) is 5.01 Å². The molecule has 0 aromatic carbocycles. The normalized spacial score (nSPS) is 16.8. The van der Waals surface area contributed by atoms with Crippen molar-refractivity contribution in [1.29, 1.82) is 0 Å². The van der Waals surface area contributed by atoms with E-state index in [0.717, 1.165) is 24.3 Å². The third kappa shape index (κ3) is 2.08. The van der Waals surface area contributed by atoms with E-state index in [1.165, 1.54) is 5.57 Å². The van der Waals surface area contributed by atoms with E-state index < -0.39 is 0 Å². The lowest BCUT2D eigenvalue weighted by Gasteiger charge is -2.22. The van der Waals surface area contributed by atoms with Crippen LogP contribution in [-0.4, -0.2) is 10.7 Å². The molecular formula is C11H16N2. The second-order valence-corrected chi connectivity index (χ2v) is 3.14. The van der Waals surface area contributed by atoms with Gasteiger partial charge in [0.2, 0.25) is 0 Å². The minimum atomic E-state index is 0.912. The standard InChI is InChI=1S/C11H16N2/c1-5-7-11-8-9(3)10(4)13(6-2)12-11/h6,8H,2,4-5,7H2,1,3H3. The lowest BCUT2D eigenvalue weighted by atomic mass is 10.1. The van der Waals surface area contributed by atoms with Gasteiger partial charge in [-0.2, -0.15) is 5.10 Å². The quantitative estimate of drug-likeness (QED) is 0.645. The molecule has 13 heavy (non-hydrogen) atoms. The number of hydrogen-bond acceptors (Lipinski definition) is 2. The number of hydrazone groups is 1. The van der Waals surface area contributed by atoms with E-state index in [0.29, 0.717) is 0 Å². The van der Waals surface area contributed by atoms with Crippen molar-refractivity contribution in [3.63, 3.8) is 0 Å². The second kappa shape index (κ2) is 4.08. The molecular weight excluding hydrogens is 160 g/mol. The van der Waals surface area contributed by atoms with E-state index in [4.69, 9.17) is 0 Å².